The Kier molecular flexibility index (Phi) is 5.31. The van der Waals surface area contributed by atoms with Crippen LogP contribution in [0.25, 0.3) is 0 Å². The Bertz CT molecular complexity index is 551. The number of aryl methyl sites for hydroxylation is 2. The van der Waals surface area contributed by atoms with E-state index in [-0.39, 0.29) is 6.04 Å². The van der Waals surface area contributed by atoms with Gasteiger partial charge in [0.2, 0.25) is 0 Å². The van der Waals surface area contributed by atoms with Crippen LogP contribution in [-0.4, -0.2) is 14.8 Å². The number of hydrogen-bond donors (Lipinski definition) is 1. The highest BCUT2D eigenvalue weighted by atomic mass is 79.9. The fourth-order valence-corrected chi connectivity index (χ4v) is 2.89. The number of halogens is 1. The normalized spacial score (nSPS) is 12.6. The van der Waals surface area contributed by atoms with Gasteiger partial charge in [0.15, 0.2) is 0 Å². The number of hydrogen-bond acceptors (Lipinski definition) is 3. The van der Waals surface area contributed by atoms with Crippen molar-refractivity contribution in [3.63, 3.8) is 0 Å². The molecule has 0 aliphatic rings. The van der Waals surface area contributed by atoms with Crippen LogP contribution in [-0.2, 0) is 19.5 Å². The van der Waals surface area contributed by atoms with Crippen LogP contribution in [0.4, 0.5) is 0 Å². The SMILES string of the molecule is CCc1nn(CC)c(CNC(C)c2cccnc2)c1Br. The summed E-state index contributed by atoms with van der Waals surface area (Å²) in [5.41, 5.74) is 3.53. The highest BCUT2D eigenvalue weighted by molar-refractivity contribution is 9.10. The molecule has 0 fully saturated rings. The van der Waals surface area contributed by atoms with E-state index < -0.39 is 0 Å². The lowest BCUT2D eigenvalue weighted by Crippen LogP contribution is -2.20. The molecule has 0 aliphatic carbocycles. The van der Waals surface area contributed by atoms with Crippen molar-refractivity contribution in [2.24, 2.45) is 0 Å². The van der Waals surface area contributed by atoms with E-state index in [2.05, 4.69) is 62.8 Å². The lowest BCUT2D eigenvalue weighted by atomic mass is 10.1. The lowest BCUT2D eigenvalue weighted by Gasteiger charge is -2.14. The van der Waals surface area contributed by atoms with Crippen molar-refractivity contribution < 1.29 is 0 Å². The molecule has 108 valence electrons. The van der Waals surface area contributed by atoms with Crippen LogP contribution in [0.2, 0.25) is 0 Å². The summed E-state index contributed by atoms with van der Waals surface area (Å²) >= 11 is 3.67. The van der Waals surface area contributed by atoms with E-state index in [0.717, 1.165) is 29.7 Å². The minimum absolute atomic E-state index is 0.265. The highest BCUT2D eigenvalue weighted by Crippen LogP contribution is 2.23. The van der Waals surface area contributed by atoms with Crippen molar-refractivity contribution >= 4 is 15.9 Å². The second-order valence-corrected chi connectivity index (χ2v) is 5.56. The molecule has 0 aliphatic heterocycles. The van der Waals surface area contributed by atoms with Gasteiger partial charge in [0.1, 0.15) is 0 Å². The third-order valence-electron chi connectivity index (χ3n) is 3.45. The Morgan fingerprint density at radius 1 is 1.40 bits per heavy atom. The molecule has 1 atom stereocenters. The zero-order valence-corrected chi connectivity index (χ0v) is 13.8. The maximum Gasteiger partial charge on any atom is 0.0767 e. The Balaban J connectivity index is 2.09. The van der Waals surface area contributed by atoms with Crippen molar-refractivity contribution in [3.8, 4) is 0 Å². The smallest absolute Gasteiger partial charge is 0.0767 e. The van der Waals surface area contributed by atoms with Gasteiger partial charge in [0.05, 0.1) is 15.9 Å². The molecular weight excluding hydrogens is 316 g/mol. The summed E-state index contributed by atoms with van der Waals surface area (Å²) in [7, 11) is 0. The third kappa shape index (κ3) is 3.27. The van der Waals surface area contributed by atoms with E-state index in [4.69, 9.17) is 0 Å². The monoisotopic (exact) mass is 336 g/mol. The van der Waals surface area contributed by atoms with Gasteiger partial charge in [-0.1, -0.05) is 13.0 Å². The number of nitrogens with zero attached hydrogens (tertiary/aromatic N) is 3. The molecule has 2 heterocycles. The summed E-state index contributed by atoms with van der Waals surface area (Å²) in [5.74, 6) is 0. The van der Waals surface area contributed by atoms with Crippen molar-refractivity contribution in [2.45, 2.75) is 46.3 Å². The Labute approximate surface area is 128 Å². The summed E-state index contributed by atoms with van der Waals surface area (Å²) in [4.78, 5) is 4.16. The summed E-state index contributed by atoms with van der Waals surface area (Å²) < 4.78 is 3.19. The average molecular weight is 337 g/mol. The first-order chi connectivity index (χ1) is 9.67. The molecule has 4 nitrogen and oxygen atoms in total. The van der Waals surface area contributed by atoms with Crippen molar-refractivity contribution in [1.29, 1.82) is 0 Å². The first-order valence-corrected chi connectivity index (χ1v) is 7.84. The zero-order valence-electron chi connectivity index (χ0n) is 12.2. The van der Waals surface area contributed by atoms with Gasteiger partial charge in [-0.2, -0.15) is 5.10 Å². The molecule has 2 aromatic rings. The zero-order chi connectivity index (χ0) is 14.5. The first kappa shape index (κ1) is 15.2. The van der Waals surface area contributed by atoms with Gasteiger partial charge in [-0.25, -0.2) is 0 Å². The predicted octanol–water partition coefficient (Wildman–Crippen LogP) is 3.47. The van der Waals surface area contributed by atoms with Gasteiger partial charge in [-0.15, -0.1) is 0 Å². The maximum atomic E-state index is 4.61. The molecule has 0 aromatic carbocycles. The minimum Gasteiger partial charge on any atom is -0.304 e. The van der Waals surface area contributed by atoms with E-state index in [0.29, 0.717) is 0 Å². The summed E-state index contributed by atoms with van der Waals surface area (Å²) in [6.45, 7) is 8.07. The van der Waals surface area contributed by atoms with E-state index in [1.54, 1.807) is 6.20 Å². The van der Waals surface area contributed by atoms with Crippen LogP contribution in [0.1, 0.15) is 43.8 Å². The van der Waals surface area contributed by atoms with Crippen LogP contribution in [0.3, 0.4) is 0 Å². The quantitative estimate of drug-likeness (QED) is 0.878. The second kappa shape index (κ2) is 6.99. The number of rotatable bonds is 6. The van der Waals surface area contributed by atoms with Crippen LogP contribution >= 0.6 is 15.9 Å². The molecule has 1 unspecified atom stereocenters. The van der Waals surface area contributed by atoms with Crippen molar-refractivity contribution in [3.05, 3.63) is 46.0 Å². The Morgan fingerprint density at radius 3 is 2.80 bits per heavy atom. The van der Waals surface area contributed by atoms with Gasteiger partial charge in [-0.05, 0) is 47.8 Å². The molecule has 2 aromatic heterocycles. The minimum atomic E-state index is 0.265. The summed E-state index contributed by atoms with van der Waals surface area (Å²) in [6, 6.07) is 4.32. The molecular formula is C15H21BrN4. The highest BCUT2D eigenvalue weighted by Gasteiger charge is 2.14. The molecule has 0 bridgehead atoms. The van der Waals surface area contributed by atoms with Gasteiger partial charge >= 0.3 is 0 Å². The van der Waals surface area contributed by atoms with E-state index in [9.17, 15) is 0 Å². The van der Waals surface area contributed by atoms with Gasteiger partial charge in [0, 0.05) is 31.5 Å². The summed E-state index contributed by atoms with van der Waals surface area (Å²) in [6.07, 6.45) is 4.65. The molecule has 1 N–H and O–H groups in total. The molecule has 20 heavy (non-hydrogen) atoms. The van der Waals surface area contributed by atoms with Crippen LogP contribution < -0.4 is 5.32 Å². The van der Waals surface area contributed by atoms with E-state index in [1.807, 2.05) is 12.3 Å². The number of nitrogens with one attached hydrogen (secondary N) is 1. The fraction of sp³-hybridized carbons (Fsp3) is 0.467. The molecule has 0 amide bonds. The van der Waals surface area contributed by atoms with Gasteiger partial charge < -0.3 is 5.32 Å². The third-order valence-corrected chi connectivity index (χ3v) is 4.37. The van der Waals surface area contributed by atoms with Crippen LogP contribution in [0.15, 0.2) is 29.0 Å². The largest absolute Gasteiger partial charge is 0.304 e. The summed E-state index contributed by atoms with van der Waals surface area (Å²) in [5, 5.41) is 8.15. The lowest BCUT2D eigenvalue weighted by molar-refractivity contribution is 0.528. The van der Waals surface area contributed by atoms with Gasteiger partial charge in [0.25, 0.3) is 0 Å². The van der Waals surface area contributed by atoms with Crippen LogP contribution in [0.5, 0.6) is 0 Å². The van der Waals surface area contributed by atoms with Crippen molar-refractivity contribution in [1.82, 2.24) is 20.1 Å². The Morgan fingerprint density at radius 2 is 2.20 bits per heavy atom. The van der Waals surface area contributed by atoms with Crippen LogP contribution in [0, 0.1) is 0 Å². The van der Waals surface area contributed by atoms with E-state index in [1.165, 1.54) is 11.3 Å². The van der Waals surface area contributed by atoms with Gasteiger partial charge in [-0.3, -0.25) is 9.67 Å². The fourth-order valence-electron chi connectivity index (χ4n) is 2.19. The maximum absolute atomic E-state index is 4.61. The predicted molar refractivity (Wildman–Crippen MR) is 84.5 cm³/mol. The topological polar surface area (TPSA) is 42.7 Å². The molecule has 0 spiro atoms. The second-order valence-electron chi connectivity index (χ2n) is 4.77. The number of aromatic nitrogens is 3. The first-order valence-electron chi connectivity index (χ1n) is 7.04. The molecule has 5 heteroatoms. The molecule has 0 saturated carbocycles. The number of pyridine rings is 1. The molecule has 0 saturated heterocycles. The van der Waals surface area contributed by atoms with Crippen molar-refractivity contribution in [2.75, 3.05) is 0 Å². The molecule has 2 rings (SSSR count). The average Bonchev–Trinajstić information content (AvgIpc) is 2.81. The standard InChI is InChI=1S/C15H21BrN4/c1-4-13-15(16)14(20(5-2)19-13)10-18-11(3)12-7-6-8-17-9-12/h6-9,11,18H,4-5,10H2,1-3H3. The van der Waals surface area contributed by atoms with E-state index >= 15 is 0 Å². The molecule has 0 radical (unpaired) electrons. The Hall–Kier alpha value is -1.20.